The van der Waals surface area contributed by atoms with Crippen LogP contribution >= 0.6 is 11.8 Å². The Morgan fingerprint density at radius 2 is 1.56 bits per heavy atom. The zero-order valence-corrected chi connectivity index (χ0v) is 16.5. The molecule has 0 aliphatic rings. The molecule has 0 aliphatic heterocycles. The van der Waals surface area contributed by atoms with Crippen LogP contribution in [-0.2, 0) is 0 Å². The van der Waals surface area contributed by atoms with Crippen LogP contribution in [0, 0.1) is 10.1 Å². The highest BCUT2D eigenvalue weighted by molar-refractivity contribution is 7.99. The smallest absolute Gasteiger partial charge is 0.269 e. The van der Waals surface area contributed by atoms with Gasteiger partial charge in [0, 0.05) is 17.9 Å². The van der Waals surface area contributed by atoms with Crippen molar-refractivity contribution in [2.45, 2.75) is 32.1 Å². The average Bonchev–Trinajstić information content (AvgIpc) is 2.70. The molecule has 2 aromatic rings. The van der Waals surface area contributed by atoms with E-state index in [-0.39, 0.29) is 10.6 Å². The molecule has 4 nitrogen and oxygen atoms in total. The highest BCUT2D eigenvalue weighted by Gasteiger charge is 2.05. The van der Waals surface area contributed by atoms with Crippen LogP contribution in [0.4, 0.5) is 5.69 Å². The van der Waals surface area contributed by atoms with Gasteiger partial charge in [-0.25, -0.2) is 0 Å². The van der Waals surface area contributed by atoms with Crippen LogP contribution in [0.1, 0.15) is 32.1 Å². The molecule has 0 spiro atoms. The molecule has 0 N–H and O–H groups in total. The predicted molar refractivity (Wildman–Crippen MR) is 115 cm³/mol. The summed E-state index contributed by atoms with van der Waals surface area (Å²) in [6.45, 7) is 4.45. The number of hydrogen-bond acceptors (Lipinski definition) is 4. The number of allylic oxidation sites excluding steroid dienone is 1. The van der Waals surface area contributed by atoms with Gasteiger partial charge in [0.05, 0.1) is 11.5 Å². The normalized spacial score (nSPS) is 10.5. The van der Waals surface area contributed by atoms with Gasteiger partial charge in [0.15, 0.2) is 0 Å². The molecule has 0 aromatic heterocycles. The summed E-state index contributed by atoms with van der Waals surface area (Å²) in [6.07, 6.45) is 8.24. The van der Waals surface area contributed by atoms with Gasteiger partial charge < -0.3 is 4.74 Å². The van der Waals surface area contributed by atoms with Gasteiger partial charge in [0.2, 0.25) is 0 Å². The summed E-state index contributed by atoms with van der Waals surface area (Å²) < 4.78 is 5.79. The second kappa shape index (κ2) is 12.2. The number of hydrogen-bond donors (Lipinski definition) is 0. The van der Waals surface area contributed by atoms with Gasteiger partial charge in [-0.1, -0.05) is 31.1 Å². The summed E-state index contributed by atoms with van der Waals surface area (Å²) in [6, 6.07) is 14.4. The molecule has 27 heavy (non-hydrogen) atoms. The second-order valence-corrected chi connectivity index (χ2v) is 7.51. The highest BCUT2D eigenvalue weighted by Crippen LogP contribution is 2.24. The first kappa shape index (κ1) is 21.0. The third kappa shape index (κ3) is 7.87. The summed E-state index contributed by atoms with van der Waals surface area (Å²) in [4.78, 5) is 10.3. The molecule has 0 heterocycles. The SMILES string of the molecule is C=CCCCCCCSCCOc1ccc(-c2ccc([N+](=O)[O-])cc2)cc1. The van der Waals surface area contributed by atoms with Crippen LogP contribution in [0.25, 0.3) is 11.1 Å². The van der Waals surface area contributed by atoms with Gasteiger partial charge in [-0.05, 0) is 60.4 Å². The number of benzene rings is 2. The fourth-order valence-corrected chi connectivity index (χ4v) is 3.50. The first-order chi connectivity index (χ1) is 13.2. The van der Waals surface area contributed by atoms with Crippen LogP contribution in [0.2, 0.25) is 0 Å². The van der Waals surface area contributed by atoms with Crippen molar-refractivity contribution < 1.29 is 9.66 Å². The number of rotatable bonds is 13. The molecule has 0 radical (unpaired) electrons. The van der Waals surface area contributed by atoms with Gasteiger partial charge in [-0.15, -0.1) is 6.58 Å². The van der Waals surface area contributed by atoms with Crippen LogP contribution in [0.3, 0.4) is 0 Å². The third-order valence-corrected chi connectivity index (χ3v) is 5.24. The lowest BCUT2D eigenvalue weighted by Crippen LogP contribution is -2.00. The molecule has 0 saturated carbocycles. The summed E-state index contributed by atoms with van der Waals surface area (Å²) >= 11 is 1.94. The van der Waals surface area contributed by atoms with Gasteiger partial charge in [-0.3, -0.25) is 10.1 Å². The monoisotopic (exact) mass is 385 g/mol. The van der Waals surface area contributed by atoms with Crippen molar-refractivity contribution in [3.63, 3.8) is 0 Å². The van der Waals surface area contributed by atoms with E-state index in [4.69, 9.17) is 4.74 Å². The quantitative estimate of drug-likeness (QED) is 0.171. The number of nitro groups is 1. The molecule has 2 rings (SSSR count). The Morgan fingerprint density at radius 1 is 0.926 bits per heavy atom. The minimum atomic E-state index is -0.387. The zero-order valence-electron chi connectivity index (χ0n) is 15.6. The van der Waals surface area contributed by atoms with E-state index >= 15 is 0 Å². The van der Waals surface area contributed by atoms with E-state index in [1.165, 1.54) is 43.6 Å². The van der Waals surface area contributed by atoms with E-state index in [0.29, 0.717) is 6.61 Å². The summed E-state index contributed by atoms with van der Waals surface area (Å²) in [5.41, 5.74) is 2.08. The largest absolute Gasteiger partial charge is 0.493 e. The molecule has 0 unspecified atom stereocenters. The Kier molecular flexibility index (Phi) is 9.49. The predicted octanol–water partition coefficient (Wildman–Crippen LogP) is 6.51. The van der Waals surface area contributed by atoms with Crippen LogP contribution in [0.5, 0.6) is 5.75 Å². The average molecular weight is 386 g/mol. The van der Waals surface area contributed by atoms with Crippen molar-refractivity contribution in [3.8, 4) is 16.9 Å². The third-order valence-electron chi connectivity index (χ3n) is 4.21. The second-order valence-electron chi connectivity index (χ2n) is 6.28. The fraction of sp³-hybridized carbons (Fsp3) is 0.364. The van der Waals surface area contributed by atoms with Gasteiger partial charge in [0.25, 0.3) is 5.69 Å². The first-order valence-corrected chi connectivity index (χ1v) is 10.5. The molecule has 0 saturated heterocycles. The molecule has 5 heteroatoms. The molecule has 0 amide bonds. The van der Waals surface area contributed by atoms with Crippen molar-refractivity contribution in [1.82, 2.24) is 0 Å². The van der Waals surface area contributed by atoms with E-state index in [1.807, 2.05) is 42.1 Å². The topological polar surface area (TPSA) is 52.4 Å². The molecule has 0 aliphatic carbocycles. The van der Waals surface area contributed by atoms with E-state index in [0.717, 1.165) is 29.1 Å². The maximum atomic E-state index is 10.7. The number of nitrogens with zero attached hydrogens (tertiary/aromatic N) is 1. The van der Waals surface area contributed by atoms with Crippen molar-refractivity contribution in [2.75, 3.05) is 18.1 Å². The maximum Gasteiger partial charge on any atom is 0.269 e. The summed E-state index contributed by atoms with van der Waals surface area (Å²) in [7, 11) is 0. The molecule has 0 atom stereocenters. The van der Waals surface area contributed by atoms with Crippen LogP contribution < -0.4 is 4.74 Å². The number of thioether (sulfide) groups is 1. The Morgan fingerprint density at radius 3 is 2.19 bits per heavy atom. The minimum absolute atomic E-state index is 0.105. The van der Waals surface area contributed by atoms with Crippen LogP contribution in [0.15, 0.2) is 61.2 Å². The Labute approximate surface area is 165 Å². The number of non-ortho nitro benzene ring substituents is 1. The minimum Gasteiger partial charge on any atom is -0.493 e. The molecule has 0 fully saturated rings. The maximum absolute atomic E-state index is 10.7. The fourth-order valence-electron chi connectivity index (χ4n) is 2.69. The zero-order chi connectivity index (χ0) is 19.3. The van der Waals surface area contributed by atoms with Crippen LogP contribution in [-0.4, -0.2) is 23.0 Å². The molecular weight excluding hydrogens is 358 g/mol. The lowest BCUT2D eigenvalue weighted by molar-refractivity contribution is -0.384. The van der Waals surface area contributed by atoms with Crippen molar-refractivity contribution >= 4 is 17.4 Å². The first-order valence-electron chi connectivity index (χ1n) is 9.37. The van der Waals surface area contributed by atoms with Gasteiger partial charge >= 0.3 is 0 Å². The Balaban J connectivity index is 1.64. The van der Waals surface area contributed by atoms with Gasteiger partial charge in [0.1, 0.15) is 5.75 Å². The summed E-state index contributed by atoms with van der Waals surface area (Å²) in [5.74, 6) is 3.04. The molecule has 2 aromatic carbocycles. The van der Waals surface area contributed by atoms with Crippen molar-refractivity contribution in [2.24, 2.45) is 0 Å². The number of ether oxygens (including phenoxy) is 1. The van der Waals surface area contributed by atoms with Crippen molar-refractivity contribution in [3.05, 3.63) is 71.3 Å². The molecular formula is C22H27NO3S. The van der Waals surface area contributed by atoms with Gasteiger partial charge in [-0.2, -0.15) is 11.8 Å². The Hall–Kier alpha value is -2.27. The highest BCUT2D eigenvalue weighted by atomic mass is 32.2. The molecule has 0 bridgehead atoms. The van der Waals surface area contributed by atoms with E-state index in [9.17, 15) is 10.1 Å². The number of unbranched alkanes of at least 4 members (excludes halogenated alkanes) is 4. The van der Waals surface area contributed by atoms with E-state index in [2.05, 4.69) is 6.58 Å². The summed E-state index contributed by atoms with van der Waals surface area (Å²) in [5, 5.41) is 10.7. The standard InChI is InChI=1S/C22H27NO3S/c1-2-3-4-5-6-7-17-27-18-16-26-22-14-10-20(11-15-22)19-8-12-21(13-9-19)23(24)25/h2,8-15H,1,3-7,16-18H2. The lowest BCUT2D eigenvalue weighted by Gasteiger charge is -2.07. The van der Waals surface area contributed by atoms with Crippen molar-refractivity contribution in [1.29, 1.82) is 0 Å². The van der Waals surface area contributed by atoms with E-state index in [1.54, 1.807) is 12.1 Å². The molecule has 144 valence electrons. The lowest BCUT2D eigenvalue weighted by atomic mass is 10.1. The number of nitro benzene ring substituents is 1. The van der Waals surface area contributed by atoms with E-state index < -0.39 is 0 Å². The Bertz CT molecular complexity index is 699.